The lowest BCUT2D eigenvalue weighted by Crippen LogP contribution is -2.38. The molecule has 1 aliphatic rings. The van der Waals surface area contributed by atoms with Crippen LogP contribution in [0.1, 0.15) is 62.8 Å². The van der Waals surface area contributed by atoms with Gasteiger partial charge in [0.2, 0.25) is 0 Å². The minimum atomic E-state index is -0.497. The van der Waals surface area contributed by atoms with Gasteiger partial charge < -0.3 is 18.9 Å². The summed E-state index contributed by atoms with van der Waals surface area (Å²) in [5.74, 6) is 1.22. The van der Waals surface area contributed by atoms with Gasteiger partial charge in [0.1, 0.15) is 30.8 Å². The Kier molecular flexibility index (Phi) is 8.69. The minimum absolute atomic E-state index is 0.150. The van der Waals surface area contributed by atoms with E-state index < -0.39 is 5.41 Å². The molecular formula is C37H40O5. The zero-order valence-corrected chi connectivity index (χ0v) is 25.2. The summed E-state index contributed by atoms with van der Waals surface area (Å²) >= 11 is 0. The van der Waals surface area contributed by atoms with Crippen molar-refractivity contribution in [2.45, 2.75) is 57.7 Å². The molecule has 0 aromatic heterocycles. The molecule has 1 unspecified atom stereocenters. The van der Waals surface area contributed by atoms with Gasteiger partial charge in [0.25, 0.3) is 0 Å². The van der Waals surface area contributed by atoms with Crippen LogP contribution in [0.25, 0.3) is 11.1 Å². The van der Waals surface area contributed by atoms with Gasteiger partial charge in [-0.2, -0.15) is 0 Å². The van der Waals surface area contributed by atoms with Gasteiger partial charge >= 0.3 is 5.97 Å². The molecule has 0 saturated carbocycles. The van der Waals surface area contributed by atoms with Crippen LogP contribution < -0.4 is 9.47 Å². The van der Waals surface area contributed by atoms with Crippen molar-refractivity contribution in [2.75, 3.05) is 20.3 Å². The average Bonchev–Trinajstić information content (AvgIpc) is 3.33. The summed E-state index contributed by atoms with van der Waals surface area (Å²) in [6, 6.07) is 34.1. The van der Waals surface area contributed by atoms with Crippen LogP contribution in [-0.4, -0.2) is 38.0 Å². The van der Waals surface area contributed by atoms with Gasteiger partial charge in [0.15, 0.2) is 0 Å². The largest absolute Gasteiger partial charge is 0.497 e. The van der Waals surface area contributed by atoms with Gasteiger partial charge in [-0.25, -0.2) is 0 Å². The van der Waals surface area contributed by atoms with Crippen LogP contribution in [0.4, 0.5) is 0 Å². The molecule has 1 aliphatic carbocycles. The smallest absolute Gasteiger partial charge is 0.302 e. The summed E-state index contributed by atoms with van der Waals surface area (Å²) in [4.78, 5) is 11.5. The molecule has 0 fully saturated rings. The van der Waals surface area contributed by atoms with Gasteiger partial charge in [0, 0.05) is 6.92 Å². The SMILES string of the molecule is CCC(C)(CC)OC(COC(C)=O)COc1ccc(C2(c3ccc(OC)cc3)c3ccccc3-c3ccccc32)cc1. The first-order chi connectivity index (χ1) is 20.3. The monoisotopic (exact) mass is 564 g/mol. The Bertz CT molecular complexity index is 1460. The van der Waals surface area contributed by atoms with Gasteiger partial charge in [0.05, 0.1) is 18.1 Å². The standard InChI is InChI=1S/C37H40O5/c1-6-36(4,7-2)42-31(24-40-26(3)38)25-41-30-22-18-28(19-23-30)37(27-16-20-29(39-5)21-17-27)34-14-10-8-12-32(34)33-13-9-11-15-35(33)37/h8-23,31H,6-7,24-25H2,1-5H3. The van der Waals surface area contributed by atoms with Crippen molar-refractivity contribution >= 4 is 5.97 Å². The molecule has 0 N–H and O–H groups in total. The molecule has 42 heavy (non-hydrogen) atoms. The summed E-state index contributed by atoms with van der Waals surface area (Å²) in [6.07, 6.45) is 1.33. The number of rotatable bonds is 12. The third-order valence-electron chi connectivity index (χ3n) is 8.62. The third kappa shape index (κ3) is 5.54. The molecule has 1 atom stereocenters. The summed E-state index contributed by atoms with van der Waals surface area (Å²) in [7, 11) is 1.69. The molecule has 5 heteroatoms. The maximum absolute atomic E-state index is 11.5. The molecule has 4 aromatic carbocycles. The van der Waals surface area contributed by atoms with Crippen molar-refractivity contribution in [1.29, 1.82) is 0 Å². The minimum Gasteiger partial charge on any atom is -0.497 e. The fourth-order valence-electron chi connectivity index (χ4n) is 6.00. The van der Waals surface area contributed by atoms with Crippen molar-refractivity contribution in [3.8, 4) is 22.6 Å². The molecule has 0 aliphatic heterocycles. The molecule has 0 spiro atoms. The number of methoxy groups -OCH3 is 1. The van der Waals surface area contributed by atoms with Crippen molar-refractivity contribution < 1.29 is 23.7 Å². The molecule has 0 radical (unpaired) electrons. The van der Waals surface area contributed by atoms with Crippen LogP contribution in [0.15, 0.2) is 97.1 Å². The van der Waals surface area contributed by atoms with E-state index in [9.17, 15) is 4.79 Å². The molecule has 0 heterocycles. The second-order valence-corrected chi connectivity index (χ2v) is 11.1. The first-order valence-electron chi connectivity index (χ1n) is 14.7. The van der Waals surface area contributed by atoms with E-state index in [1.165, 1.54) is 34.7 Å². The molecule has 0 bridgehead atoms. The Balaban J connectivity index is 1.50. The first-order valence-corrected chi connectivity index (χ1v) is 14.7. The maximum Gasteiger partial charge on any atom is 0.302 e. The van der Waals surface area contributed by atoms with E-state index in [-0.39, 0.29) is 30.9 Å². The Labute approximate surface area is 249 Å². The third-order valence-corrected chi connectivity index (χ3v) is 8.62. The topological polar surface area (TPSA) is 54.0 Å². The predicted octanol–water partition coefficient (Wildman–Crippen LogP) is 7.96. The summed E-state index contributed by atoms with van der Waals surface area (Å²) in [5.41, 5.74) is 6.48. The first kappa shape index (κ1) is 29.4. The number of esters is 1. The highest BCUT2D eigenvalue weighted by atomic mass is 16.6. The highest BCUT2D eigenvalue weighted by molar-refractivity contribution is 5.86. The lowest BCUT2D eigenvalue weighted by atomic mass is 9.68. The van der Waals surface area contributed by atoms with E-state index in [0.29, 0.717) is 0 Å². The van der Waals surface area contributed by atoms with E-state index in [1.807, 2.05) is 24.3 Å². The fourth-order valence-corrected chi connectivity index (χ4v) is 6.00. The number of hydrogen-bond donors (Lipinski definition) is 0. The maximum atomic E-state index is 11.5. The lowest BCUT2D eigenvalue weighted by Gasteiger charge is -2.34. The average molecular weight is 565 g/mol. The second-order valence-electron chi connectivity index (χ2n) is 11.1. The number of carbonyl (C=O) groups is 1. The molecule has 0 saturated heterocycles. The Hall–Kier alpha value is -4.09. The van der Waals surface area contributed by atoms with Gasteiger partial charge in [-0.3, -0.25) is 4.79 Å². The van der Waals surface area contributed by atoms with Crippen LogP contribution >= 0.6 is 0 Å². The highest BCUT2D eigenvalue weighted by Gasteiger charge is 2.45. The highest BCUT2D eigenvalue weighted by Crippen LogP contribution is 2.56. The molecule has 218 valence electrons. The van der Waals surface area contributed by atoms with Gasteiger partial charge in [-0.05, 0) is 77.4 Å². The van der Waals surface area contributed by atoms with Crippen LogP contribution in [-0.2, 0) is 19.7 Å². The van der Waals surface area contributed by atoms with Crippen LogP contribution in [0, 0.1) is 0 Å². The van der Waals surface area contributed by atoms with E-state index in [1.54, 1.807) is 7.11 Å². The Morgan fingerprint density at radius 3 is 1.71 bits per heavy atom. The lowest BCUT2D eigenvalue weighted by molar-refractivity contribution is -0.156. The van der Waals surface area contributed by atoms with Crippen molar-refractivity contribution in [3.63, 3.8) is 0 Å². The van der Waals surface area contributed by atoms with E-state index in [0.717, 1.165) is 29.9 Å². The Morgan fingerprint density at radius 2 is 1.24 bits per heavy atom. The van der Waals surface area contributed by atoms with Gasteiger partial charge in [-0.1, -0.05) is 86.6 Å². The van der Waals surface area contributed by atoms with Crippen LogP contribution in [0.5, 0.6) is 11.5 Å². The number of carbonyl (C=O) groups excluding carboxylic acids is 1. The zero-order chi connectivity index (χ0) is 29.7. The fraction of sp³-hybridized carbons (Fsp3) is 0.324. The number of fused-ring (bicyclic) bond motifs is 3. The predicted molar refractivity (Wildman–Crippen MR) is 166 cm³/mol. The van der Waals surface area contributed by atoms with Crippen LogP contribution in [0.2, 0.25) is 0 Å². The van der Waals surface area contributed by atoms with Crippen molar-refractivity contribution in [2.24, 2.45) is 0 Å². The molecule has 5 rings (SSSR count). The number of ether oxygens (including phenoxy) is 4. The van der Waals surface area contributed by atoms with Gasteiger partial charge in [-0.15, -0.1) is 0 Å². The molecule has 4 aromatic rings. The van der Waals surface area contributed by atoms with Crippen LogP contribution in [0.3, 0.4) is 0 Å². The normalized spacial score (nSPS) is 14.0. The second kappa shape index (κ2) is 12.4. The summed E-state index contributed by atoms with van der Waals surface area (Å²) in [6.45, 7) is 8.12. The molecule has 5 nitrogen and oxygen atoms in total. The summed E-state index contributed by atoms with van der Waals surface area (Å²) < 4.78 is 23.4. The van der Waals surface area contributed by atoms with E-state index in [2.05, 4.69) is 93.6 Å². The Morgan fingerprint density at radius 1 is 0.738 bits per heavy atom. The van der Waals surface area contributed by atoms with Crippen molar-refractivity contribution in [1.82, 2.24) is 0 Å². The molecular weight excluding hydrogens is 524 g/mol. The van der Waals surface area contributed by atoms with E-state index in [4.69, 9.17) is 18.9 Å². The number of hydrogen-bond acceptors (Lipinski definition) is 5. The summed E-state index contributed by atoms with van der Waals surface area (Å²) in [5, 5.41) is 0. The van der Waals surface area contributed by atoms with Crippen molar-refractivity contribution in [3.05, 3.63) is 119 Å². The number of benzene rings is 4. The molecule has 0 amide bonds. The van der Waals surface area contributed by atoms with E-state index >= 15 is 0 Å². The zero-order valence-electron chi connectivity index (χ0n) is 25.2. The quantitative estimate of drug-likeness (QED) is 0.144.